The zero-order chi connectivity index (χ0) is 18.4. The Hall–Kier alpha value is -2.65. The molecule has 26 heavy (non-hydrogen) atoms. The van der Waals surface area contributed by atoms with Gasteiger partial charge in [-0.3, -0.25) is 4.79 Å². The van der Waals surface area contributed by atoms with Gasteiger partial charge >= 0.3 is 0 Å². The number of carbonyl (C=O) groups excluding carboxylic acids is 1. The summed E-state index contributed by atoms with van der Waals surface area (Å²) < 4.78 is 5.83. The van der Waals surface area contributed by atoms with Crippen molar-refractivity contribution >= 4 is 16.7 Å². The molecule has 0 spiro atoms. The molecule has 3 aromatic carbocycles. The maximum atomic E-state index is 12.6. The lowest BCUT2D eigenvalue weighted by molar-refractivity contribution is -0.122. The first-order chi connectivity index (χ1) is 12.7. The molecule has 0 heterocycles. The molecule has 134 valence electrons. The molecule has 1 atom stereocenters. The number of fused-ring (bicyclic) bond motifs is 1. The van der Waals surface area contributed by atoms with Crippen molar-refractivity contribution in [3.63, 3.8) is 0 Å². The highest BCUT2D eigenvalue weighted by atomic mass is 16.5. The van der Waals surface area contributed by atoms with Crippen molar-refractivity contribution in [2.45, 2.75) is 25.4 Å². The Morgan fingerprint density at radius 2 is 1.65 bits per heavy atom. The van der Waals surface area contributed by atoms with Crippen molar-refractivity contribution in [2.24, 2.45) is 0 Å². The van der Waals surface area contributed by atoms with E-state index in [1.807, 2.05) is 54.6 Å². The molecular formula is C23H25NO2. The fourth-order valence-electron chi connectivity index (χ4n) is 3.43. The molecule has 3 nitrogen and oxygen atoms in total. The van der Waals surface area contributed by atoms with Gasteiger partial charge in [0.15, 0.2) is 0 Å². The molecule has 0 radical (unpaired) electrons. The Kier molecular flexibility index (Phi) is 5.69. The number of ether oxygens (including phenoxy) is 1. The average molecular weight is 347 g/mol. The second-order valence-corrected chi connectivity index (χ2v) is 6.51. The lowest BCUT2D eigenvalue weighted by Crippen LogP contribution is -2.42. The van der Waals surface area contributed by atoms with E-state index in [1.165, 1.54) is 0 Å². The normalized spacial score (nSPS) is 13.3. The summed E-state index contributed by atoms with van der Waals surface area (Å²) in [5, 5.41) is 5.35. The van der Waals surface area contributed by atoms with Crippen molar-refractivity contribution < 1.29 is 9.53 Å². The van der Waals surface area contributed by atoms with Crippen LogP contribution in [-0.4, -0.2) is 19.6 Å². The first-order valence-electron chi connectivity index (χ1n) is 9.02. The summed E-state index contributed by atoms with van der Waals surface area (Å²) in [6, 6.07) is 24.3. The van der Waals surface area contributed by atoms with E-state index >= 15 is 0 Å². The van der Waals surface area contributed by atoms with Crippen LogP contribution in [0.2, 0.25) is 0 Å². The zero-order valence-electron chi connectivity index (χ0n) is 15.4. The number of hydrogen-bond acceptors (Lipinski definition) is 2. The quantitative estimate of drug-likeness (QED) is 0.686. The summed E-state index contributed by atoms with van der Waals surface area (Å²) >= 11 is 0. The lowest BCUT2D eigenvalue weighted by atomic mass is 9.90. The van der Waals surface area contributed by atoms with Gasteiger partial charge in [0, 0.05) is 7.11 Å². The largest absolute Gasteiger partial charge is 0.372 e. The van der Waals surface area contributed by atoms with Crippen LogP contribution in [0.4, 0.5) is 0 Å². The number of hydrogen-bond donors (Lipinski definition) is 1. The van der Waals surface area contributed by atoms with Crippen molar-refractivity contribution in [3.05, 3.63) is 83.9 Å². The van der Waals surface area contributed by atoms with E-state index in [1.54, 1.807) is 7.11 Å². The van der Waals surface area contributed by atoms with Crippen LogP contribution in [0.25, 0.3) is 10.8 Å². The molecule has 1 N–H and O–H groups in total. The van der Waals surface area contributed by atoms with Gasteiger partial charge in [-0.2, -0.15) is 0 Å². The van der Waals surface area contributed by atoms with E-state index in [0.717, 1.165) is 28.3 Å². The van der Waals surface area contributed by atoms with E-state index in [0.29, 0.717) is 13.0 Å². The van der Waals surface area contributed by atoms with Gasteiger partial charge in [0.2, 0.25) is 5.91 Å². The van der Waals surface area contributed by atoms with Crippen LogP contribution in [0.1, 0.15) is 24.5 Å². The van der Waals surface area contributed by atoms with Gasteiger partial charge in [-0.1, -0.05) is 79.7 Å². The molecule has 3 heteroatoms. The van der Waals surface area contributed by atoms with Gasteiger partial charge in [0.25, 0.3) is 0 Å². The topological polar surface area (TPSA) is 38.3 Å². The standard InChI is InChI=1S/C23H25NO2/c1-3-23(26-2,20-13-5-4-6-14-20)17-24-22(25)16-19-12-9-11-18-10-7-8-15-21(18)19/h4-15H,3,16-17H2,1-2H3,(H,24,25)/t23-/m0/s1. The minimum atomic E-state index is -0.504. The summed E-state index contributed by atoms with van der Waals surface area (Å²) in [4.78, 5) is 12.6. The van der Waals surface area contributed by atoms with E-state index in [-0.39, 0.29) is 5.91 Å². The highest BCUT2D eigenvalue weighted by Crippen LogP contribution is 2.28. The molecule has 0 saturated carbocycles. The molecule has 0 aliphatic carbocycles. The van der Waals surface area contributed by atoms with Crippen LogP contribution < -0.4 is 5.32 Å². The smallest absolute Gasteiger partial charge is 0.224 e. The molecule has 0 aromatic heterocycles. The minimum Gasteiger partial charge on any atom is -0.372 e. The molecule has 0 saturated heterocycles. The second kappa shape index (κ2) is 8.15. The fourth-order valence-corrected chi connectivity index (χ4v) is 3.43. The molecule has 0 bridgehead atoms. The Morgan fingerprint density at radius 3 is 2.38 bits per heavy atom. The fraction of sp³-hybridized carbons (Fsp3) is 0.261. The predicted octanol–water partition coefficient (Wildman–Crippen LogP) is 4.45. The molecule has 3 aromatic rings. The Morgan fingerprint density at radius 1 is 0.962 bits per heavy atom. The molecule has 0 unspecified atom stereocenters. The van der Waals surface area contributed by atoms with E-state index in [2.05, 4.69) is 30.4 Å². The molecular weight excluding hydrogens is 322 g/mol. The van der Waals surface area contributed by atoms with E-state index in [4.69, 9.17) is 4.74 Å². The first-order valence-corrected chi connectivity index (χ1v) is 9.02. The van der Waals surface area contributed by atoms with Crippen LogP contribution in [0, 0.1) is 0 Å². The molecule has 0 aliphatic rings. The third-order valence-corrected chi connectivity index (χ3v) is 5.06. The SMILES string of the molecule is CC[C@@](CNC(=O)Cc1cccc2ccccc12)(OC)c1ccccc1. The number of rotatable bonds is 7. The van der Waals surface area contributed by atoms with Gasteiger partial charge in [-0.25, -0.2) is 0 Å². The molecule has 1 amide bonds. The maximum absolute atomic E-state index is 12.6. The van der Waals surface area contributed by atoms with Crippen LogP contribution in [0.15, 0.2) is 72.8 Å². The van der Waals surface area contributed by atoms with Crippen LogP contribution in [0.5, 0.6) is 0 Å². The van der Waals surface area contributed by atoms with Crippen molar-refractivity contribution in [1.29, 1.82) is 0 Å². The molecule has 0 fully saturated rings. The Bertz CT molecular complexity index is 864. The first kappa shape index (κ1) is 18.2. The lowest BCUT2D eigenvalue weighted by Gasteiger charge is -2.32. The third kappa shape index (κ3) is 3.78. The van der Waals surface area contributed by atoms with Gasteiger partial charge in [-0.15, -0.1) is 0 Å². The zero-order valence-corrected chi connectivity index (χ0v) is 15.4. The van der Waals surface area contributed by atoms with Crippen molar-refractivity contribution in [3.8, 4) is 0 Å². The predicted molar refractivity (Wildman–Crippen MR) is 106 cm³/mol. The maximum Gasteiger partial charge on any atom is 0.224 e. The highest BCUT2D eigenvalue weighted by molar-refractivity contribution is 5.90. The summed E-state index contributed by atoms with van der Waals surface area (Å²) in [6.07, 6.45) is 1.14. The van der Waals surface area contributed by atoms with Gasteiger partial charge < -0.3 is 10.1 Å². The van der Waals surface area contributed by atoms with E-state index < -0.39 is 5.60 Å². The number of benzene rings is 3. The van der Waals surface area contributed by atoms with Crippen LogP contribution in [-0.2, 0) is 21.6 Å². The van der Waals surface area contributed by atoms with Crippen molar-refractivity contribution in [1.82, 2.24) is 5.32 Å². The average Bonchev–Trinajstić information content (AvgIpc) is 2.70. The summed E-state index contributed by atoms with van der Waals surface area (Å²) in [7, 11) is 1.70. The van der Waals surface area contributed by atoms with Gasteiger partial charge in [0.05, 0.1) is 13.0 Å². The summed E-state index contributed by atoms with van der Waals surface area (Å²) in [6.45, 7) is 2.53. The molecule has 0 aliphatic heterocycles. The second-order valence-electron chi connectivity index (χ2n) is 6.51. The Balaban J connectivity index is 1.73. The Labute approximate surface area is 155 Å². The minimum absolute atomic E-state index is 0.00663. The van der Waals surface area contributed by atoms with E-state index in [9.17, 15) is 4.79 Å². The van der Waals surface area contributed by atoms with Gasteiger partial charge in [-0.05, 0) is 28.3 Å². The van der Waals surface area contributed by atoms with Gasteiger partial charge in [0.1, 0.15) is 5.60 Å². The van der Waals surface area contributed by atoms with Crippen LogP contribution >= 0.6 is 0 Å². The summed E-state index contributed by atoms with van der Waals surface area (Å²) in [5.41, 5.74) is 1.62. The third-order valence-electron chi connectivity index (χ3n) is 5.06. The number of amides is 1. The monoisotopic (exact) mass is 347 g/mol. The number of methoxy groups -OCH3 is 1. The highest BCUT2D eigenvalue weighted by Gasteiger charge is 2.30. The molecule has 3 rings (SSSR count). The van der Waals surface area contributed by atoms with Crippen LogP contribution in [0.3, 0.4) is 0 Å². The number of carbonyl (C=O) groups is 1. The van der Waals surface area contributed by atoms with Crippen molar-refractivity contribution in [2.75, 3.05) is 13.7 Å². The number of nitrogens with one attached hydrogen (secondary N) is 1. The summed E-state index contributed by atoms with van der Waals surface area (Å²) in [5.74, 6) is 0.00663.